The molecule has 0 saturated carbocycles. The highest BCUT2D eigenvalue weighted by molar-refractivity contribution is 9.09. The van der Waals surface area contributed by atoms with E-state index >= 15 is 0 Å². The Bertz CT molecular complexity index is 593. The molecule has 114 valence electrons. The van der Waals surface area contributed by atoms with Crippen LogP contribution in [0.4, 0.5) is 0 Å². The first-order chi connectivity index (χ1) is 10.1. The SMILES string of the molecule is Cc1c(OCCCBr)ccc2cc(OCC(C)C)ccc12. The fourth-order valence-electron chi connectivity index (χ4n) is 2.19. The second-order valence-corrected chi connectivity index (χ2v) is 6.46. The van der Waals surface area contributed by atoms with Crippen LogP contribution in [0.2, 0.25) is 0 Å². The van der Waals surface area contributed by atoms with Gasteiger partial charge in [0, 0.05) is 5.33 Å². The lowest BCUT2D eigenvalue weighted by Gasteiger charge is -2.13. The Balaban J connectivity index is 2.19. The van der Waals surface area contributed by atoms with Gasteiger partial charge < -0.3 is 9.47 Å². The Morgan fingerprint density at radius 2 is 1.90 bits per heavy atom. The van der Waals surface area contributed by atoms with Gasteiger partial charge in [-0.3, -0.25) is 0 Å². The molecule has 2 aromatic carbocycles. The molecule has 0 saturated heterocycles. The molecule has 0 fully saturated rings. The average Bonchev–Trinajstić information content (AvgIpc) is 2.47. The van der Waals surface area contributed by atoms with E-state index in [4.69, 9.17) is 9.47 Å². The van der Waals surface area contributed by atoms with E-state index in [1.54, 1.807) is 0 Å². The first-order valence-electron chi connectivity index (χ1n) is 7.46. The van der Waals surface area contributed by atoms with Crippen LogP contribution < -0.4 is 9.47 Å². The average molecular weight is 351 g/mol. The molecule has 2 nitrogen and oxygen atoms in total. The molecule has 0 N–H and O–H groups in total. The molecule has 3 heteroatoms. The molecular weight excluding hydrogens is 328 g/mol. The van der Waals surface area contributed by atoms with Crippen LogP contribution in [0, 0.1) is 12.8 Å². The van der Waals surface area contributed by atoms with Crippen molar-refractivity contribution >= 4 is 26.7 Å². The normalized spacial score (nSPS) is 11.1. The minimum absolute atomic E-state index is 0.535. The van der Waals surface area contributed by atoms with E-state index in [-0.39, 0.29) is 0 Å². The minimum atomic E-state index is 0.535. The van der Waals surface area contributed by atoms with Crippen LogP contribution in [0.3, 0.4) is 0 Å². The summed E-state index contributed by atoms with van der Waals surface area (Å²) >= 11 is 3.42. The molecule has 0 amide bonds. The van der Waals surface area contributed by atoms with Gasteiger partial charge in [-0.1, -0.05) is 41.9 Å². The molecule has 0 aromatic heterocycles. The Morgan fingerprint density at radius 3 is 2.62 bits per heavy atom. The molecule has 0 atom stereocenters. The van der Waals surface area contributed by atoms with Crippen molar-refractivity contribution in [2.45, 2.75) is 27.2 Å². The first kappa shape index (κ1) is 16.2. The molecule has 0 aliphatic carbocycles. The van der Waals surface area contributed by atoms with E-state index in [1.807, 2.05) is 6.07 Å². The zero-order chi connectivity index (χ0) is 15.2. The number of aryl methyl sites for hydroxylation is 1. The smallest absolute Gasteiger partial charge is 0.122 e. The molecule has 0 unspecified atom stereocenters. The quantitative estimate of drug-likeness (QED) is 0.495. The summed E-state index contributed by atoms with van der Waals surface area (Å²) in [5.74, 6) is 2.44. The number of benzene rings is 2. The summed E-state index contributed by atoms with van der Waals surface area (Å²) in [6, 6.07) is 10.4. The first-order valence-corrected chi connectivity index (χ1v) is 8.59. The van der Waals surface area contributed by atoms with E-state index in [0.29, 0.717) is 5.92 Å². The van der Waals surface area contributed by atoms with Crippen molar-refractivity contribution in [2.24, 2.45) is 5.92 Å². The maximum Gasteiger partial charge on any atom is 0.122 e. The fraction of sp³-hybridized carbons (Fsp3) is 0.444. The molecule has 0 spiro atoms. The molecule has 0 aliphatic heterocycles. The Hall–Kier alpha value is -1.22. The van der Waals surface area contributed by atoms with Gasteiger partial charge in [0.15, 0.2) is 0 Å². The molecule has 0 bridgehead atoms. The summed E-state index contributed by atoms with van der Waals surface area (Å²) in [6.45, 7) is 7.91. The molecule has 2 rings (SSSR count). The topological polar surface area (TPSA) is 18.5 Å². The van der Waals surface area contributed by atoms with Crippen molar-refractivity contribution in [3.05, 3.63) is 35.9 Å². The van der Waals surface area contributed by atoms with E-state index in [0.717, 1.165) is 36.5 Å². The Kier molecular flexibility index (Phi) is 5.92. The van der Waals surface area contributed by atoms with Crippen molar-refractivity contribution in [2.75, 3.05) is 18.5 Å². The lowest BCUT2D eigenvalue weighted by molar-refractivity contribution is 0.271. The Morgan fingerprint density at radius 1 is 1.10 bits per heavy atom. The summed E-state index contributed by atoms with van der Waals surface area (Å²) < 4.78 is 11.6. The summed E-state index contributed by atoms with van der Waals surface area (Å²) in [7, 11) is 0. The zero-order valence-electron chi connectivity index (χ0n) is 13.0. The largest absolute Gasteiger partial charge is 0.493 e. The van der Waals surface area contributed by atoms with E-state index in [1.165, 1.54) is 16.3 Å². The van der Waals surface area contributed by atoms with E-state index in [9.17, 15) is 0 Å². The van der Waals surface area contributed by atoms with Gasteiger partial charge in [-0.2, -0.15) is 0 Å². The molecular formula is C18H23BrO2. The van der Waals surface area contributed by atoms with Gasteiger partial charge in [-0.15, -0.1) is 0 Å². The number of alkyl halides is 1. The van der Waals surface area contributed by atoms with Gasteiger partial charge in [-0.05, 0) is 53.8 Å². The molecule has 21 heavy (non-hydrogen) atoms. The number of rotatable bonds is 7. The van der Waals surface area contributed by atoms with Crippen molar-refractivity contribution in [1.82, 2.24) is 0 Å². The highest BCUT2D eigenvalue weighted by Gasteiger charge is 2.06. The third-order valence-corrected chi connectivity index (χ3v) is 3.89. The maximum atomic E-state index is 5.83. The summed E-state index contributed by atoms with van der Waals surface area (Å²) in [6.07, 6.45) is 1.01. The molecule has 0 aliphatic rings. The number of hydrogen-bond donors (Lipinski definition) is 0. The van der Waals surface area contributed by atoms with Crippen molar-refractivity contribution in [3.8, 4) is 11.5 Å². The number of ether oxygens (including phenoxy) is 2. The minimum Gasteiger partial charge on any atom is -0.493 e. The second kappa shape index (κ2) is 7.69. The molecule has 0 heterocycles. The van der Waals surface area contributed by atoms with E-state index in [2.05, 4.69) is 61.0 Å². The lowest BCUT2D eigenvalue weighted by Crippen LogP contribution is -2.04. The third kappa shape index (κ3) is 4.37. The fourth-order valence-corrected chi connectivity index (χ4v) is 2.42. The number of hydrogen-bond acceptors (Lipinski definition) is 2. The zero-order valence-corrected chi connectivity index (χ0v) is 14.6. The summed E-state index contributed by atoms with van der Waals surface area (Å²) in [5, 5.41) is 3.39. The maximum absolute atomic E-state index is 5.83. The van der Waals surface area contributed by atoms with Gasteiger partial charge in [0.1, 0.15) is 11.5 Å². The Labute approximate surface area is 135 Å². The third-order valence-electron chi connectivity index (χ3n) is 3.33. The monoisotopic (exact) mass is 350 g/mol. The van der Waals surface area contributed by atoms with Crippen LogP contribution in [0.15, 0.2) is 30.3 Å². The standard InChI is InChI=1S/C18H23BrO2/c1-13(2)12-21-16-6-7-17-14(3)18(20-10-4-9-19)8-5-15(17)11-16/h5-8,11,13H,4,9-10,12H2,1-3H3. The van der Waals surface area contributed by atoms with Crippen LogP contribution in [-0.2, 0) is 0 Å². The van der Waals surface area contributed by atoms with Crippen LogP contribution >= 0.6 is 15.9 Å². The van der Waals surface area contributed by atoms with E-state index < -0.39 is 0 Å². The van der Waals surface area contributed by atoms with Crippen molar-refractivity contribution < 1.29 is 9.47 Å². The molecule has 0 radical (unpaired) electrons. The number of fused-ring (bicyclic) bond motifs is 1. The summed E-state index contributed by atoms with van der Waals surface area (Å²) in [5.41, 5.74) is 1.19. The van der Waals surface area contributed by atoms with Gasteiger partial charge in [0.25, 0.3) is 0 Å². The summed E-state index contributed by atoms with van der Waals surface area (Å²) in [4.78, 5) is 0. The molecule has 2 aromatic rings. The predicted molar refractivity (Wildman–Crippen MR) is 92.9 cm³/mol. The van der Waals surface area contributed by atoms with Crippen LogP contribution in [-0.4, -0.2) is 18.5 Å². The van der Waals surface area contributed by atoms with Gasteiger partial charge >= 0.3 is 0 Å². The van der Waals surface area contributed by atoms with Crippen molar-refractivity contribution in [3.63, 3.8) is 0 Å². The van der Waals surface area contributed by atoms with Gasteiger partial charge in [-0.25, -0.2) is 0 Å². The lowest BCUT2D eigenvalue weighted by atomic mass is 10.0. The highest BCUT2D eigenvalue weighted by atomic mass is 79.9. The van der Waals surface area contributed by atoms with Crippen molar-refractivity contribution in [1.29, 1.82) is 0 Å². The van der Waals surface area contributed by atoms with Crippen LogP contribution in [0.25, 0.3) is 10.8 Å². The highest BCUT2D eigenvalue weighted by Crippen LogP contribution is 2.30. The van der Waals surface area contributed by atoms with Crippen LogP contribution in [0.1, 0.15) is 25.8 Å². The second-order valence-electron chi connectivity index (χ2n) is 5.67. The van der Waals surface area contributed by atoms with Crippen LogP contribution in [0.5, 0.6) is 11.5 Å². The van der Waals surface area contributed by atoms with Gasteiger partial charge in [0.2, 0.25) is 0 Å². The number of halogens is 1. The predicted octanol–water partition coefficient (Wildman–Crippen LogP) is 5.35. The van der Waals surface area contributed by atoms with Gasteiger partial charge in [0.05, 0.1) is 13.2 Å².